The Hall–Kier alpha value is 0. The summed E-state index contributed by atoms with van der Waals surface area (Å²) >= 11 is 0. The van der Waals surface area contributed by atoms with E-state index in [9.17, 15) is 0 Å². The molecular formula is C28H57. The molecule has 0 aromatic heterocycles. The molecule has 1 unspecified atom stereocenters. The minimum atomic E-state index is 1.00. The molecule has 0 aromatic rings. The topological polar surface area (TPSA) is 0 Å². The zero-order chi connectivity index (χ0) is 20.5. The van der Waals surface area contributed by atoms with Crippen LogP contribution >= 0.6 is 0 Å². The Morgan fingerprint density at radius 3 is 1.00 bits per heavy atom. The van der Waals surface area contributed by atoms with Gasteiger partial charge in [-0.3, -0.25) is 0 Å². The van der Waals surface area contributed by atoms with Crippen LogP contribution in [-0.2, 0) is 0 Å². The molecule has 28 heavy (non-hydrogen) atoms. The van der Waals surface area contributed by atoms with Crippen LogP contribution in [0.5, 0.6) is 0 Å². The average Bonchev–Trinajstić information content (AvgIpc) is 2.71. The molecule has 1 radical (unpaired) electrons. The third-order valence-electron chi connectivity index (χ3n) is 6.54. The van der Waals surface area contributed by atoms with E-state index in [0.29, 0.717) is 0 Å². The lowest BCUT2D eigenvalue weighted by Gasteiger charge is -2.16. The average molecular weight is 394 g/mol. The predicted octanol–water partition coefficient (Wildman–Crippen LogP) is 10.8. The third kappa shape index (κ3) is 22.3. The molecule has 0 aromatic carbocycles. The second-order valence-corrected chi connectivity index (χ2v) is 9.45. The van der Waals surface area contributed by atoms with Crippen molar-refractivity contribution in [1.82, 2.24) is 0 Å². The van der Waals surface area contributed by atoms with Crippen LogP contribution in [0.2, 0.25) is 0 Å². The van der Waals surface area contributed by atoms with Gasteiger partial charge in [-0.2, -0.15) is 0 Å². The highest BCUT2D eigenvalue weighted by Crippen LogP contribution is 2.24. The maximum atomic E-state index is 4.06. The number of hydrogen-bond donors (Lipinski definition) is 0. The molecule has 0 aliphatic carbocycles. The zero-order valence-electron chi connectivity index (χ0n) is 20.3. The molecule has 169 valence electrons. The van der Waals surface area contributed by atoms with E-state index in [0.717, 1.165) is 12.3 Å². The molecule has 0 N–H and O–H groups in total. The molecule has 0 fully saturated rings. The first-order chi connectivity index (χ1) is 13.8. The zero-order valence-corrected chi connectivity index (χ0v) is 20.3. The fourth-order valence-corrected chi connectivity index (χ4v) is 4.53. The summed E-state index contributed by atoms with van der Waals surface area (Å²) in [7, 11) is 0. The van der Waals surface area contributed by atoms with E-state index in [4.69, 9.17) is 0 Å². The summed E-state index contributed by atoms with van der Waals surface area (Å²) < 4.78 is 0. The van der Waals surface area contributed by atoms with Crippen molar-refractivity contribution in [3.05, 3.63) is 6.92 Å². The van der Waals surface area contributed by atoms with E-state index >= 15 is 0 Å². The first-order valence-corrected chi connectivity index (χ1v) is 13.6. The quantitative estimate of drug-likeness (QED) is 0.143. The van der Waals surface area contributed by atoms with Crippen LogP contribution in [0.1, 0.15) is 168 Å². The largest absolute Gasteiger partial charge is 0.0654 e. The van der Waals surface area contributed by atoms with Gasteiger partial charge in [0.25, 0.3) is 0 Å². The Labute approximate surface area is 181 Å². The third-order valence-corrected chi connectivity index (χ3v) is 6.54. The molecule has 0 spiro atoms. The van der Waals surface area contributed by atoms with Crippen molar-refractivity contribution >= 4 is 0 Å². The summed E-state index contributed by atoms with van der Waals surface area (Å²) in [5.41, 5.74) is 0. The van der Waals surface area contributed by atoms with Gasteiger partial charge in [-0.05, 0) is 5.92 Å². The molecule has 0 heterocycles. The molecule has 0 amide bonds. The van der Waals surface area contributed by atoms with Crippen molar-refractivity contribution in [2.24, 2.45) is 5.92 Å². The van der Waals surface area contributed by atoms with E-state index in [1.165, 1.54) is 148 Å². The van der Waals surface area contributed by atoms with Crippen LogP contribution in [0.4, 0.5) is 0 Å². The number of unbranched alkanes of at least 4 members (excludes halogenated alkanes) is 18. The van der Waals surface area contributed by atoms with E-state index < -0.39 is 0 Å². The van der Waals surface area contributed by atoms with Gasteiger partial charge in [-0.15, -0.1) is 0 Å². The van der Waals surface area contributed by atoms with Crippen LogP contribution in [0.15, 0.2) is 0 Å². The highest BCUT2D eigenvalue weighted by Gasteiger charge is 2.08. The van der Waals surface area contributed by atoms with Gasteiger partial charge < -0.3 is 0 Å². The summed E-state index contributed by atoms with van der Waals surface area (Å²) in [6.45, 7) is 8.67. The Balaban J connectivity index is 3.45. The van der Waals surface area contributed by atoms with Crippen molar-refractivity contribution in [2.75, 3.05) is 0 Å². The first-order valence-electron chi connectivity index (χ1n) is 13.6. The standard InChI is InChI=1S/C28H57/c1-4-7-10-12-14-15-16-17-18-19-20-22-24-27-28(25-9-6-3)26-23-21-13-11-8-5-2/h28H,3-27H2,1-2H3. The maximum absolute atomic E-state index is 4.06. The van der Waals surface area contributed by atoms with Crippen molar-refractivity contribution in [1.29, 1.82) is 0 Å². The van der Waals surface area contributed by atoms with E-state index in [1.54, 1.807) is 0 Å². The van der Waals surface area contributed by atoms with Gasteiger partial charge in [0.05, 0.1) is 0 Å². The molecule has 0 bridgehead atoms. The molecule has 0 aliphatic heterocycles. The molecule has 0 saturated heterocycles. The van der Waals surface area contributed by atoms with E-state index in [2.05, 4.69) is 20.8 Å². The Kier molecular flexibility index (Phi) is 25.0. The molecule has 0 heteroatoms. The number of hydrogen-bond acceptors (Lipinski definition) is 0. The second kappa shape index (κ2) is 25.0. The van der Waals surface area contributed by atoms with Gasteiger partial charge in [0.1, 0.15) is 0 Å². The summed E-state index contributed by atoms with van der Waals surface area (Å²) in [5, 5.41) is 0. The normalized spacial score (nSPS) is 12.5. The summed E-state index contributed by atoms with van der Waals surface area (Å²) in [6.07, 6.45) is 34.7. The predicted molar refractivity (Wildman–Crippen MR) is 131 cm³/mol. The fraction of sp³-hybridized carbons (Fsp3) is 0.964. The van der Waals surface area contributed by atoms with Crippen molar-refractivity contribution < 1.29 is 0 Å². The second-order valence-electron chi connectivity index (χ2n) is 9.45. The van der Waals surface area contributed by atoms with Gasteiger partial charge in [0, 0.05) is 0 Å². The first kappa shape index (κ1) is 28.0. The van der Waals surface area contributed by atoms with Crippen LogP contribution in [0, 0.1) is 12.8 Å². The summed E-state index contributed by atoms with van der Waals surface area (Å²) in [5.74, 6) is 1.00. The molecule has 0 rings (SSSR count). The van der Waals surface area contributed by atoms with Crippen LogP contribution in [0.3, 0.4) is 0 Å². The van der Waals surface area contributed by atoms with E-state index in [1.807, 2.05) is 0 Å². The summed E-state index contributed by atoms with van der Waals surface area (Å²) in [4.78, 5) is 0. The highest BCUT2D eigenvalue weighted by atomic mass is 14.1. The van der Waals surface area contributed by atoms with Crippen LogP contribution in [-0.4, -0.2) is 0 Å². The van der Waals surface area contributed by atoms with Gasteiger partial charge in [0.15, 0.2) is 0 Å². The molecule has 1 atom stereocenters. The lowest BCUT2D eigenvalue weighted by atomic mass is 9.90. The SMILES string of the molecule is [CH2]CCCC(CCCCCCCC)CCCCCCCCCCCCCCC. The Bertz CT molecular complexity index is 257. The van der Waals surface area contributed by atoms with Crippen molar-refractivity contribution in [3.8, 4) is 0 Å². The minimum absolute atomic E-state index is 1.00. The number of rotatable bonds is 24. The Morgan fingerprint density at radius 1 is 0.393 bits per heavy atom. The lowest BCUT2D eigenvalue weighted by molar-refractivity contribution is 0.372. The molecular weight excluding hydrogens is 336 g/mol. The van der Waals surface area contributed by atoms with Crippen LogP contribution in [0.25, 0.3) is 0 Å². The Morgan fingerprint density at radius 2 is 0.679 bits per heavy atom. The van der Waals surface area contributed by atoms with Gasteiger partial charge >= 0.3 is 0 Å². The maximum Gasteiger partial charge on any atom is -0.0414 e. The monoisotopic (exact) mass is 393 g/mol. The smallest absolute Gasteiger partial charge is 0.0414 e. The minimum Gasteiger partial charge on any atom is -0.0654 e. The molecule has 0 aliphatic rings. The van der Waals surface area contributed by atoms with Gasteiger partial charge in [-0.25, -0.2) is 0 Å². The fourth-order valence-electron chi connectivity index (χ4n) is 4.53. The van der Waals surface area contributed by atoms with Crippen LogP contribution < -0.4 is 0 Å². The molecule has 0 nitrogen and oxygen atoms in total. The highest BCUT2D eigenvalue weighted by molar-refractivity contribution is 4.62. The van der Waals surface area contributed by atoms with Gasteiger partial charge in [0.2, 0.25) is 0 Å². The lowest BCUT2D eigenvalue weighted by Crippen LogP contribution is -2.01. The van der Waals surface area contributed by atoms with Crippen molar-refractivity contribution in [2.45, 2.75) is 168 Å². The van der Waals surface area contributed by atoms with E-state index in [-0.39, 0.29) is 0 Å². The van der Waals surface area contributed by atoms with Gasteiger partial charge in [-0.1, -0.05) is 175 Å². The summed E-state index contributed by atoms with van der Waals surface area (Å²) in [6, 6.07) is 0. The molecule has 0 saturated carbocycles. The van der Waals surface area contributed by atoms with Crippen molar-refractivity contribution in [3.63, 3.8) is 0 Å².